The number of nitrogens with one attached hydrogen (secondary N) is 2. The summed E-state index contributed by atoms with van der Waals surface area (Å²) in [5.74, 6) is 1.22. The number of aromatic amines is 1. The highest BCUT2D eigenvalue weighted by molar-refractivity contribution is 6.09. The number of anilines is 1. The van der Waals surface area contributed by atoms with Gasteiger partial charge in [0.05, 0.1) is 10.9 Å². The predicted octanol–water partition coefficient (Wildman–Crippen LogP) is 2.60. The second kappa shape index (κ2) is 5.52. The van der Waals surface area contributed by atoms with E-state index in [1.165, 1.54) is 6.33 Å². The molecule has 7 heteroatoms. The molecule has 1 aromatic carbocycles. The van der Waals surface area contributed by atoms with E-state index in [1.807, 2.05) is 13.8 Å². The molecule has 0 aliphatic carbocycles. The zero-order valence-corrected chi connectivity index (χ0v) is 13.3. The molecule has 122 valence electrons. The summed E-state index contributed by atoms with van der Waals surface area (Å²) in [5, 5.41) is 3.67. The molecule has 0 spiro atoms. The number of carbonyl (C=O) groups is 1. The molecule has 3 aromatic rings. The van der Waals surface area contributed by atoms with Crippen molar-refractivity contribution >= 4 is 22.8 Å². The minimum Gasteiger partial charge on any atom is -0.486 e. The Morgan fingerprint density at radius 3 is 2.92 bits per heavy atom. The monoisotopic (exact) mass is 324 g/mol. The van der Waals surface area contributed by atoms with Crippen LogP contribution in [-0.2, 0) is 0 Å². The van der Waals surface area contributed by atoms with Gasteiger partial charge in [0.15, 0.2) is 11.5 Å². The van der Waals surface area contributed by atoms with Crippen molar-refractivity contribution in [3.63, 3.8) is 0 Å². The topological polar surface area (TPSA) is 89.1 Å². The Labute approximate surface area is 138 Å². The number of H-pyrrole nitrogens is 1. The fourth-order valence-corrected chi connectivity index (χ4v) is 2.82. The highest BCUT2D eigenvalue weighted by Gasteiger charge is 2.22. The first-order chi connectivity index (χ1) is 11.6. The summed E-state index contributed by atoms with van der Waals surface area (Å²) in [6.07, 6.45) is 1.42. The van der Waals surface area contributed by atoms with E-state index in [4.69, 9.17) is 9.47 Å². The Morgan fingerprint density at radius 1 is 1.21 bits per heavy atom. The molecule has 1 aliphatic rings. The van der Waals surface area contributed by atoms with Gasteiger partial charge in [0.2, 0.25) is 0 Å². The highest BCUT2D eigenvalue weighted by Crippen LogP contribution is 2.34. The number of benzene rings is 1. The van der Waals surface area contributed by atoms with Crippen LogP contribution >= 0.6 is 0 Å². The van der Waals surface area contributed by atoms with E-state index >= 15 is 0 Å². The van der Waals surface area contributed by atoms with Crippen LogP contribution in [0.3, 0.4) is 0 Å². The second-order valence-corrected chi connectivity index (χ2v) is 5.60. The zero-order valence-electron chi connectivity index (χ0n) is 13.3. The number of fused-ring (bicyclic) bond motifs is 2. The molecule has 0 saturated heterocycles. The number of carbonyl (C=O) groups excluding carboxylic acids is 1. The maximum atomic E-state index is 12.7. The minimum absolute atomic E-state index is 0.296. The number of para-hydroxylation sites is 1. The lowest BCUT2D eigenvalue weighted by Gasteiger charge is -2.20. The first-order valence-corrected chi connectivity index (χ1v) is 7.65. The number of rotatable bonds is 2. The van der Waals surface area contributed by atoms with Crippen LogP contribution in [0.25, 0.3) is 11.0 Å². The van der Waals surface area contributed by atoms with Gasteiger partial charge in [-0.25, -0.2) is 9.97 Å². The van der Waals surface area contributed by atoms with Gasteiger partial charge in [0, 0.05) is 5.69 Å². The average Bonchev–Trinajstić information content (AvgIpc) is 2.89. The van der Waals surface area contributed by atoms with Crippen LogP contribution in [0.4, 0.5) is 5.82 Å². The number of nitrogens with zero attached hydrogens (tertiary/aromatic N) is 2. The molecule has 0 bridgehead atoms. The summed E-state index contributed by atoms with van der Waals surface area (Å²) in [6.45, 7) is 4.83. The normalized spacial score (nSPS) is 13.1. The number of hydrogen-bond acceptors (Lipinski definition) is 5. The van der Waals surface area contributed by atoms with Crippen LogP contribution in [-0.4, -0.2) is 34.1 Å². The molecule has 4 rings (SSSR count). The van der Waals surface area contributed by atoms with E-state index in [1.54, 1.807) is 18.2 Å². The third-order valence-electron chi connectivity index (χ3n) is 4.13. The lowest BCUT2D eigenvalue weighted by Crippen LogP contribution is -2.20. The van der Waals surface area contributed by atoms with Gasteiger partial charge in [-0.3, -0.25) is 4.79 Å². The Balaban J connectivity index is 1.73. The van der Waals surface area contributed by atoms with Crippen LogP contribution in [0.5, 0.6) is 11.5 Å². The van der Waals surface area contributed by atoms with Gasteiger partial charge >= 0.3 is 0 Å². The molecule has 0 radical (unpaired) electrons. The van der Waals surface area contributed by atoms with E-state index in [-0.39, 0.29) is 5.91 Å². The summed E-state index contributed by atoms with van der Waals surface area (Å²) in [6, 6.07) is 5.26. The maximum Gasteiger partial charge on any atom is 0.260 e. The molecule has 0 fully saturated rings. The minimum atomic E-state index is -0.296. The zero-order chi connectivity index (χ0) is 16.7. The third-order valence-corrected chi connectivity index (χ3v) is 4.13. The molecule has 0 atom stereocenters. The summed E-state index contributed by atoms with van der Waals surface area (Å²) in [4.78, 5) is 24.3. The molecule has 2 aromatic heterocycles. The Kier molecular flexibility index (Phi) is 3.34. The van der Waals surface area contributed by atoms with Gasteiger partial charge < -0.3 is 19.8 Å². The second-order valence-electron chi connectivity index (χ2n) is 5.60. The fourth-order valence-electron chi connectivity index (χ4n) is 2.82. The van der Waals surface area contributed by atoms with Crippen molar-refractivity contribution in [3.05, 3.63) is 41.3 Å². The summed E-state index contributed by atoms with van der Waals surface area (Å²) >= 11 is 0. The number of aromatic nitrogens is 3. The van der Waals surface area contributed by atoms with E-state index in [0.717, 1.165) is 16.6 Å². The van der Waals surface area contributed by atoms with Crippen molar-refractivity contribution in [2.24, 2.45) is 0 Å². The van der Waals surface area contributed by atoms with E-state index in [2.05, 4.69) is 20.3 Å². The summed E-state index contributed by atoms with van der Waals surface area (Å²) in [7, 11) is 0. The maximum absolute atomic E-state index is 12.7. The lowest BCUT2D eigenvalue weighted by molar-refractivity contribution is 0.101. The molecular formula is C17H16N4O3. The number of aryl methyl sites for hydroxylation is 2. The van der Waals surface area contributed by atoms with Gasteiger partial charge in [-0.2, -0.15) is 0 Å². The standard InChI is InChI=1S/C17H16N4O3/c1-9-10(2)20-15-13(9)16(19-8-18-15)21-17(22)11-4-3-5-12-14(11)24-7-6-23-12/h3-5,8H,6-7H2,1-2H3,(H2,18,19,20,21,22). The largest absolute Gasteiger partial charge is 0.486 e. The first kappa shape index (κ1) is 14.5. The molecule has 0 unspecified atom stereocenters. The highest BCUT2D eigenvalue weighted by atomic mass is 16.6. The fraction of sp³-hybridized carbons (Fsp3) is 0.235. The Morgan fingerprint density at radius 2 is 2.04 bits per heavy atom. The van der Waals surface area contributed by atoms with E-state index in [9.17, 15) is 4.79 Å². The SMILES string of the molecule is Cc1[nH]c2ncnc(NC(=O)c3cccc4c3OCCO4)c2c1C. The van der Waals surface area contributed by atoms with Crippen LogP contribution < -0.4 is 14.8 Å². The van der Waals surface area contributed by atoms with Crippen molar-refractivity contribution in [1.82, 2.24) is 15.0 Å². The molecule has 1 aliphatic heterocycles. The van der Waals surface area contributed by atoms with E-state index < -0.39 is 0 Å². The number of hydrogen-bond donors (Lipinski definition) is 2. The summed E-state index contributed by atoms with van der Waals surface area (Å²) in [5.41, 5.74) is 3.12. The van der Waals surface area contributed by atoms with Crippen molar-refractivity contribution in [3.8, 4) is 11.5 Å². The molecule has 2 N–H and O–H groups in total. The summed E-state index contributed by atoms with van der Waals surface area (Å²) < 4.78 is 11.1. The molecule has 1 amide bonds. The Hall–Kier alpha value is -3.09. The molecular weight excluding hydrogens is 308 g/mol. The molecule has 0 saturated carbocycles. The molecule has 7 nitrogen and oxygen atoms in total. The van der Waals surface area contributed by atoms with Crippen molar-refractivity contribution in [2.75, 3.05) is 18.5 Å². The predicted molar refractivity (Wildman–Crippen MR) is 88.7 cm³/mol. The lowest BCUT2D eigenvalue weighted by atomic mass is 10.1. The van der Waals surface area contributed by atoms with Crippen LogP contribution in [0.15, 0.2) is 24.5 Å². The quantitative estimate of drug-likeness (QED) is 0.756. The van der Waals surface area contributed by atoms with Crippen LogP contribution in [0.2, 0.25) is 0 Å². The van der Waals surface area contributed by atoms with Crippen molar-refractivity contribution in [1.29, 1.82) is 0 Å². The number of ether oxygens (including phenoxy) is 2. The van der Waals surface area contributed by atoms with Gasteiger partial charge in [-0.05, 0) is 31.5 Å². The van der Waals surface area contributed by atoms with Crippen LogP contribution in [0.1, 0.15) is 21.6 Å². The van der Waals surface area contributed by atoms with Gasteiger partial charge in [-0.15, -0.1) is 0 Å². The van der Waals surface area contributed by atoms with Gasteiger partial charge in [0.25, 0.3) is 5.91 Å². The Bertz CT molecular complexity index is 948. The number of amides is 1. The average molecular weight is 324 g/mol. The van der Waals surface area contributed by atoms with Crippen molar-refractivity contribution in [2.45, 2.75) is 13.8 Å². The van der Waals surface area contributed by atoms with Crippen LogP contribution in [0, 0.1) is 13.8 Å². The third kappa shape index (κ3) is 2.25. The smallest absolute Gasteiger partial charge is 0.260 e. The van der Waals surface area contributed by atoms with Gasteiger partial charge in [-0.1, -0.05) is 6.07 Å². The van der Waals surface area contributed by atoms with Crippen molar-refractivity contribution < 1.29 is 14.3 Å². The first-order valence-electron chi connectivity index (χ1n) is 7.65. The molecule has 24 heavy (non-hydrogen) atoms. The molecule has 3 heterocycles. The van der Waals surface area contributed by atoms with E-state index in [0.29, 0.717) is 41.7 Å². The van der Waals surface area contributed by atoms with Gasteiger partial charge in [0.1, 0.15) is 31.0 Å².